The average Bonchev–Trinajstić information content (AvgIpc) is 3.22. The highest BCUT2D eigenvalue weighted by atomic mass is 19.4. The lowest BCUT2D eigenvalue weighted by Gasteiger charge is -2.39. The van der Waals surface area contributed by atoms with Gasteiger partial charge in [-0.3, -0.25) is 9.36 Å². The predicted octanol–water partition coefficient (Wildman–Crippen LogP) is 6.50. The Hall–Kier alpha value is -3.09. The van der Waals surface area contributed by atoms with Crippen LogP contribution in [0.15, 0.2) is 61.1 Å². The summed E-state index contributed by atoms with van der Waals surface area (Å²) in [6, 6.07) is 12.3. The van der Waals surface area contributed by atoms with Crippen LogP contribution in [0.25, 0.3) is 16.8 Å². The summed E-state index contributed by atoms with van der Waals surface area (Å²) in [6.45, 7) is 6.64. The zero-order valence-corrected chi connectivity index (χ0v) is 19.0. The van der Waals surface area contributed by atoms with E-state index < -0.39 is 11.7 Å². The minimum atomic E-state index is -4.46. The van der Waals surface area contributed by atoms with E-state index in [9.17, 15) is 18.0 Å². The average molecular weight is 456 g/mol. The molecule has 1 amide bonds. The van der Waals surface area contributed by atoms with Crippen LogP contribution in [0, 0.1) is 11.3 Å². The van der Waals surface area contributed by atoms with E-state index in [1.807, 2.05) is 0 Å². The van der Waals surface area contributed by atoms with Crippen LogP contribution in [0.3, 0.4) is 0 Å². The molecule has 4 nitrogen and oxygen atoms in total. The number of carbonyl (C=O) groups is 1. The number of rotatable bonds is 4. The molecule has 0 spiro atoms. The minimum absolute atomic E-state index is 0.0737. The van der Waals surface area contributed by atoms with Crippen molar-refractivity contribution in [2.45, 2.75) is 52.3 Å². The molecule has 1 aliphatic rings. The molecule has 7 heteroatoms. The number of alkyl halides is 3. The number of hydrogen-bond donors (Lipinski definition) is 1. The molecular weight excluding hydrogens is 427 g/mol. The van der Waals surface area contributed by atoms with Gasteiger partial charge in [-0.05, 0) is 59.9 Å². The number of carbonyl (C=O) groups excluding carboxylic acids is 1. The van der Waals surface area contributed by atoms with Crippen molar-refractivity contribution >= 4 is 5.91 Å². The number of nitrogens with zero attached hydrogens (tertiary/aromatic N) is 2. The highest BCUT2D eigenvalue weighted by Crippen LogP contribution is 2.39. The van der Waals surface area contributed by atoms with E-state index in [-0.39, 0.29) is 22.9 Å². The van der Waals surface area contributed by atoms with Gasteiger partial charge in [0.05, 0.1) is 18.1 Å². The van der Waals surface area contributed by atoms with Crippen molar-refractivity contribution in [3.63, 3.8) is 0 Å². The SMILES string of the molecule is C[C@@H]1C[C@H](NC(=O)c2cncn2-c2cccc(-c3ccccc3C(F)(F)F)c2)CC(C)(C)C1. The van der Waals surface area contributed by atoms with Crippen molar-refractivity contribution < 1.29 is 18.0 Å². The van der Waals surface area contributed by atoms with E-state index in [1.54, 1.807) is 34.9 Å². The molecule has 0 bridgehead atoms. The van der Waals surface area contributed by atoms with Crippen molar-refractivity contribution in [2.75, 3.05) is 0 Å². The van der Waals surface area contributed by atoms with Crippen molar-refractivity contribution in [3.05, 3.63) is 72.3 Å². The van der Waals surface area contributed by atoms with Crippen LogP contribution in [0.5, 0.6) is 0 Å². The molecule has 1 heterocycles. The zero-order chi connectivity index (χ0) is 23.8. The van der Waals surface area contributed by atoms with Crippen LogP contribution in [-0.4, -0.2) is 21.5 Å². The molecule has 1 fully saturated rings. The fourth-order valence-corrected chi connectivity index (χ4v) is 5.19. The fraction of sp³-hybridized carbons (Fsp3) is 0.385. The molecule has 0 saturated heterocycles. The monoisotopic (exact) mass is 455 g/mol. The molecule has 0 aliphatic heterocycles. The molecule has 1 aromatic heterocycles. The summed E-state index contributed by atoms with van der Waals surface area (Å²) < 4.78 is 42.2. The first kappa shape index (κ1) is 23.1. The molecule has 4 rings (SSSR count). The van der Waals surface area contributed by atoms with E-state index in [0.717, 1.165) is 25.3 Å². The Bertz CT molecular complexity index is 1150. The summed E-state index contributed by atoms with van der Waals surface area (Å²) in [4.78, 5) is 17.2. The second-order valence-electron chi connectivity index (χ2n) is 9.83. The molecule has 2 aromatic carbocycles. The molecule has 0 unspecified atom stereocenters. The molecular formula is C26H28F3N3O. The van der Waals surface area contributed by atoms with Crippen LogP contribution in [0.4, 0.5) is 13.2 Å². The van der Waals surface area contributed by atoms with Gasteiger partial charge in [-0.25, -0.2) is 4.98 Å². The van der Waals surface area contributed by atoms with Gasteiger partial charge >= 0.3 is 6.18 Å². The largest absolute Gasteiger partial charge is 0.417 e. The van der Waals surface area contributed by atoms with E-state index in [2.05, 4.69) is 31.1 Å². The van der Waals surface area contributed by atoms with Crippen LogP contribution < -0.4 is 5.32 Å². The fourth-order valence-electron chi connectivity index (χ4n) is 5.19. The summed E-state index contributed by atoms with van der Waals surface area (Å²) in [5, 5.41) is 3.14. The maximum atomic E-state index is 13.5. The third kappa shape index (κ3) is 5.13. The smallest absolute Gasteiger partial charge is 0.348 e. The highest BCUT2D eigenvalue weighted by molar-refractivity contribution is 5.93. The van der Waals surface area contributed by atoms with Gasteiger partial charge in [0.25, 0.3) is 5.91 Å². The van der Waals surface area contributed by atoms with Gasteiger partial charge in [-0.1, -0.05) is 51.1 Å². The molecule has 0 radical (unpaired) electrons. The summed E-state index contributed by atoms with van der Waals surface area (Å²) in [5.74, 6) is 0.290. The number of amides is 1. The van der Waals surface area contributed by atoms with Gasteiger partial charge in [0.1, 0.15) is 5.69 Å². The van der Waals surface area contributed by atoms with Crippen LogP contribution in [-0.2, 0) is 6.18 Å². The standard InChI is InChI=1S/C26H28F3N3O/c1-17-11-19(14-25(2,3)13-17)31-24(33)23-15-30-16-32(23)20-8-6-7-18(12-20)21-9-4-5-10-22(21)26(27,28)29/h4-10,12,15-17,19H,11,13-14H2,1-3H3,(H,31,33)/t17-,19+/m1/s1. The number of imidazole rings is 1. The predicted molar refractivity (Wildman–Crippen MR) is 122 cm³/mol. The third-order valence-corrected chi connectivity index (χ3v) is 6.26. The first-order chi connectivity index (χ1) is 15.5. The lowest BCUT2D eigenvalue weighted by molar-refractivity contribution is -0.137. The van der Waals surface area contributed by atoms with Gasteiger partial charge in [0.2, 0.25) is 0 Å². The molecule has 174 valence electrons. The highest BCUT2D eigenvalue weighted by Gasteiger charge is 2.34. The van der Waals surface area contributed by atoms with E-state index in [4.69, 9.17) is 0 Å². The van der Waals surface area contributed by atoms with Crippen LogP contribution in [0.1, 0.15) is 56.1 Å². The Kier molecular flexibility index (Phi) is 6.08. The van der Waals surface area contributed by atoms with Gasteiger partial charge in [-0.15, -0.1) is 0 Å². The van der Waals surface area contributed by atoms with Crippen LogP contribution >= 0.6 is 0 Å². The second kappa shape index (κ2) is 8.69. The molecule has 1 N–H and O–H groups in total. The number of benzene rings is 2. The summed E-state index contributed by atoms with van der Waals surface area (Å²) in [6.07, 6.45) is 1.50. The lowest BCUT2D eigenvalue weighted by Crippen LogP contribution is -2.43. The summed E-state index contributed by atoms with van der Waals surface area (Å²) >= 11 is 0. The Morgan fingerprint density at radius 3 is 2.61 bits per heavy atom. The third-order valence-electron chi connectivity index (χ3n) is 6.26. The zero-order valence-electron chi connectivity index (χ0n) is 19.0. The van der Waals surface area contributed by atoms with Crippen molar-refractivity contribution in [3.8, 4) is 16.8 Å². The normalized spacial score (nSPS) is 20.4. The number of nitrogens with one attached hydrogen (secondary N) is 1. The van der Waals surface area contributed by atoms with E-state index >= 15 is 0 Å². The number of halogens is 3. The Labute approximate surface area is 191 Å². The van der Waals surface area contributed by atoms with Crippen molar-refractivity contribution in [1.29, 1.82) is 0 Å². The Morgan fingerprint density at radius 2 is 1.88 bits per heavy atom. The molecule has 33 heavy (non-hydrogen) atoms. The van der Waals surface area contributed by atoms with Gasteiger partial charge in [-0.2, -0.15) is 13.2 Å². The summed E-state index contributed by atoms with van der Waals surface area (Å²) in [5.41, 5.74) is 0.909. The topological polar surface area (TPSA) is 46.9 Å². The molecule has 1 aliphatic carbocycles. The molecule has 3 aromatic rings. The molecule has 2 atom stereocenters. The maximum absolute atomic E-state index is 13.5. The Morgan fingerprint density at radius 1 is 1.12 bits per heavy atom. The van der Waals surface area contributed by atoms with Crippen molar-refractivity contribution in [1.82, 2.24) is 14.9 Å². The van der Waals surface area contributed by atoms with Gasteiger partial charge < -0.3 is 5.32 Å². The maximum Gasteiger partial charge on any atom is 0.417 e. The lowest BCUT2D eigenvalue weighted by atomic mass is 9.70. The number of hydrogen-bond acceptors (Lipinski definition) is 2. The minimum Gasteiger partial charge on any atom is -0.348 e. The second-order valence-corrected chi connectivity index (χ2v) is 9.83. The number of aromatic nitrogens is 2. The first-order valence-corrected chi connectivity index (χ1v) is 11.1. The van der Waals surface area contributed by atoms with Gasteiger partial charge in [0.15, 0.2) is 0 Å². The first-order valence-electron chi connectivity index (χ1n) is 11.1. The molecule has 1 saturated carbocycles. The quantitative estimate of drug-likeness (QED) is 0.488. The van der Waals surface area contributed by atoms with Crippen molar-refractivity contribution in [2.24, 2.45) is 11.3 Å². The van der Waals surface area contributed by atoms with E-state index in [0.29, 0.717) is 22.9 Å². The van der Waals surface area contributed by atoms with E-state index in [1.165, 1.54) is 24.7 Å². The Balaban J connectivity index is 1.62. The van der Waals surface area contributed by atoms with Crippen LogP contribution in [0.2, 0.25) is 0 Å². The summed E-state index contributed by atoms with van der Waals surface area (Å²) in [7, 11) is 0. The van der Waals surface area contributed by atoms with Gasteiger partial charge in [0, 0.05) is 11.7 Å².